The molecule has 0 amide bonds. The van der Waals surface area contributed by atoms with E-state index in [2.05, 4.69) is 310 Å². The normalized spacial score (nSPS) is 11.6. The van der Waals surface area contributed by atoms with Crippen molar-refractivity contribution in [2.24, 2.45) is 0 Å². The Labute approximate surface area is 565 Å². The minimum absolute atomic E-state index is 0. The smallest absolute Gasteiger partial charge is 0.343 e. The van der Waals surface area contributed by atoms with Crippen LogP contribution in [0.2, 0.25) is 0 Å². The molecule has 0 spiro atoms. The van der Waals surface area contributed by atoms with Crippen LogP contribution in [0.15, 0.2) is 326 Å². The second kappa shape index (κ2) is 28.2. The fraction of sp³-hybridized carbons (Fsp3) is 0.0366. The summed E-state index contributed by atoms with van der Waals surface area (Å²) < 4.78 is 8.27. The van der Waals surface area contributed by atoms with E-state index in [0.717, 1.165) is 27.0 Å². The number of aromatic nitrogens is 3. The van der Waals surface area contributed by atoms with Crippen molar-refractivity contribution in [3.05, 3.63) is 350 Å². The van der Waals surface area contributed by atoms with Crippen molar-refractivity contribution in [3.8, 4) is 17.1 Å². The zero-order valence-corrected chi connectivity index (χ0v) is 55.9. The number of hydrogen-bond acceptors (Lipinski definition) is 0. The van der Waals surface area contributed by atoms with Gasteiger partial charge in [-0.25, -0.2) is 0 Å². The van der Waals surface area contributed by atoms with E-state index >= 15 is 0 Å². The molecular weight excluding hydrogens is 1240 g/mol. The Morgan fingerprint density at radius 2 is 0.692 bits per heavy atom. The molecule has 1 aliphatic rings. The molecule has 1 aliphatic carbocycles. The third-order valence-electron chi connectivity index (χ3n) is 16.9. The topological polar surface area (TPSA) is 14.8 Å². The van der Waals surface area contributed by atoms with Gasteiger partial charge in [0.15, 0.2) is 13.8 Å². The van der Waals surface area contributed by atoms with E-state index in [-0.39, 0.29) is 18.9 Å². The average Bonchev–Trinajstić information content (AvgIpc) is 1.73. The van der Waals surface area contributed by atoms with Gasteiger partial charge in [-0.3, -0.25) is 4.57 Å². The predicted octanol–water partition coefficient (Wildman–Crippen LogP) is 15.8. The van der Waals surface area contributed by atoms with Crippen molar-refractivity contribution in [3.63, 3.8) is 0 Å². The van der Waals surface area contributed by atoms with Crippen LogP contribution in [0.25, 0.3) is 83.7 Å². The summed E-state index contributed by atoms with van der Waals surface area (Å²) in [4.78, 5) is 0. The Morgan fingerprint density at radius 3 is 1.08 bits per heavy atom. The van der Waals surface area contributed by atoms with E-state index in [0.29, 0.717) is 0 Å². The summed E-state index contributed by atoms with van der Waals surface area (Å²) in [7, 11) is -2.88. The predicted molar refractivity (Wildman–Crippen MR) is 396 cm³/mol. The molecule has 0 unspecified atom stereocenters. The van der Waals surface area contributed by atoms with E-state index < -0.39 is 14.8 Å². The number of para-hydroxylation sites is 5. The van der Waals surface area contributed by atoms with Gasteiger partial charge < -0.3 is 16.1 Å². The number of benzene rings is 12. The molecule has 0 saturated carbocycles. The molecule has 9 heteroatoms. The van der Waals surface area contributed by atoms with Gasteiger partial charge in [-0.15, -0.1) is 22.2 Å². The van der Waals surface area contributed by atoms with Crippen LogP contribution in [0.4, 0.5) is 0 Å². The Hall–Kier alpha value is -8.74. The second-order valence-corrected chi connectivity index (χ2v) is 33.3. The summed E-state index contributed by atoms with van der Waals surface area (Å²) in [5.41, 5.74) is 12.1. The Balaban J connectivity index is 0.000000162. The van der Waals surface area contributed by atoms with Crippen LogP contribution in [0.3, 0.4) is 0 Å². The quantitative estimate of drug-likeness (QED) is 0.0561. The van der Waals surface area contributed by atoms with Crippen LogP contribution in [-0.4, -0.2) is 28.5 Å². The van der Waals surface area contributed by atoms with Crippen molar-refractivity contribution >= 4 is 151 Å². The minimum atomic E-state index is -2.88. The zero-order chi connectivity index (χ0) is 61.4. The molecular formula is C82H64BrCl2LiN3Si2+. The van der Waals surface area contributed by atoms with Crippen LogP contribution in [0.5, 0.6) is 0 Å². The monoisotopic (exact) mass is 1300 g/mol. The van der Waals surface area contributed by atoms with Crippen LogP contribution in [0.1, 0.15) is 31.0 Å². The summed E-state index contributed by atoms with van der Waals surface area (Å²) in [6, 6.07) is 113. The van der Waals surface area contributed by atoms with Gasteiger partial charge in [0.05, 0.1) is 39.0 Å². The van der Waals surface area contributed by atoms with E-state index in [9.17, 15) is 0 Å². The fourth-order valence-corrected chi connectivity index (χ4v) is 21.0. The summed E-state index contributed by atoms with van der Waals surface area (Å²) in [5.74, 6) is 0. The number of allylic oxidation sites excluding steroid dienone is 2. The molecule has 0 N–H and O–H groups in total. The third-order valence-corrected chi connectivity index (χ3v) is 26.8. The van der Waals surface area contributed by atoms with Gasteiger partial charge in [0, 0.05) is 49.2 Å². The van der Waals surface area contributed by atoms with Gasteiger partial charge in [0.25, 0.3) is 0 Å². The van der Waals surface area contributed by atoms with Crippen LogP contribution in [0, 0.1) is 13.0 Å². The van der Waals surface area contributed by atoms with Gasteiger partial charge in [-0.2, -0.15) is 6.42 Å². The van der Waals surface area contributed by atoms with Gasteiger partial charge in [-0.05, 0) is 110 Å². The molecule has 12 aromatic carbocycles. The molecule has 0 atom stereocenters. The third kappa shape index (κ3) is 12.2. The van der Waals surface area contributed by atoms with Crippen LogP contribution < -0.4 is 50.0 Å². The first kappa shape index (κ1) is 62.5. The maximum absolute atomic E-state index is 6.49. The van der Waals surface area contributed by atoms with E-state index in [1.54, 1.807) is 0 Å². The van der Waals surface area contributed by atoms with Crippen molar-refractivity contribution < 1.29 is 18.9 Å². The number of rotatable bonds is 10. The molecule has 15 aromatic rings. The number of unbranched alkanes of at least 4 members (excludes halogenated alkanes) is 1. The average molecular weight is 1310 g/mol. The van der Waals surface area contributed by atoms with Crippen molar-refractivity contribution in [1.29, 1.82) is 0 Å². The van der Waals surface area contributed by atoms with Gasteiger partial charge in [0.1, 0.15) is 17.7 Å². The molecule has 0 aliphatic heterocycles. The SMILES string of the molecule is Brc1cccc(-n2c3c(c4ccccc42)C=[C+]C=C3)c1.Cl[Si](Cl)(c1ccccc1)c1ccccc1.[CH2-]CCC.[Li+].c1ccc([Si](c2ccccc2)(c2cccc(-n3c4ccccc4c4ccccc43)c2)c2cccc(-n3c4ccccc4c4ccccc43)c2)cc1. The number of fused-ring (bicyclic) bond motifs is 9. The second-order valence-electron chi connectivity index (χ2n) is 22.3. The maximum atomic E-state index is 6.49. The molecule has 16 rings (SSSR count). The van der Waals surface area contributed by atoms with Crippen molar-refractivity contribution in [2.75, 3.05) is 0 Å². The molecule has 436 valence electrons. The minimum Gasteiger partial charge on any atom is -0.343 e. The van der Waals surface area contributed by atoms with Gasteiger partial charge in [-0.1, -0.05) is 266 Å². The molecule has 0 radical (unpaired) electrons. The summed E-state index contributed by atoms with van der Waals surface area (Å²) >= 11 is 16.5. The first-order chi connectivity index (χ1) is 44.3. The Bertz CT molecular complexity index is 4690. The van der Waals surface area contributed by atoms with E-state index in [1.165, 1.54) is 104 Å². The molecule has 0 saturated heterocycles. The van der Waals surface area contributed by atoms with Crippen LogP contribution >= 0.6 is 38.1 Å². The number of halogens is 3. The fourth-order valence-electron chi connectivity index (χ4n) is 12.7. The molecule has 91 heavy (non-hydrogen) atoms. The maximum Gasteiger partial charge on any atom is 1.00 e. The first-order valence-electron chi connectivity index (χ1n) is 30.5. The van der Waals surface area contributed by atoms with Crippen molar-refractivity contribution in [1.82, 2.24) is 13.7 Å². The summed E-state index contributed by atoms with van der Waals surface area (Å²) in [6.45, 7) is 3.21. The molecule has 3 aromatic heterocycles. The number of hydrogen-bond donors (Lipinski definition) is 0. The Kier molecular flexibility index (Phi) is 19.3. The molecule has 0 bridgehead atoms. The summed E-state index contributed by atoms with van der Waals surface area (Å²) in [6.07, 6.45) is 11.6. The Morgan fingerprint density at radius 1 is 0.374 bits per heavy atom. The molecule has 0 fully saturated rings. The van der Waals surface area contributed by atoms with E-state index in [1.807, 2.05) is 72.8 Å². The standard InChI is InChI=1S/C48H34N2Si.C18H11BrN.C12H10Cl2Si.C4H9.Li/c1-3-19-37(20-4-1)51(38-21-5-2-6-22-38,39-23-15-17-35(33-39)49-45-29-11-7-25-41(45)42-26-8-12-30-46(42)49)40-24-16-18-36(34-40)50-47-31-13-9-27-43(47)44-28-10-14-32-48(44)50;19-13-6-5-7-14(12-13)20-17-10-3-1-8-15(17)16-9-2-4-11-18(16)20;13-15(14,11-7-3-1-4-8-11)12-9-5-2-6-10-12;1-3-4-2;/h1-34H;1,3-12H;1-10H;1,3-4H2,2H3;/q;+1;;-1;+1. The zero-order valence-electron chi connectivity index (χ0n) is 50.9. The van der Waals surface area contributed by atoms with Gasteiger partial charge >= 0.3 is 25.6 Å². The van der Waals surface area contributed by atoms with Crippen LogP contribution in [-0.2, 0) is 0 Å². The van der Waals surface area contributed by atoms with Gasteiger partial charge in [0.2, 0.25) is 0 Å². The molecule has 3 nitrogen and oxygen atoms in total. The van der Waals surface area contributed by atoms with E-state index in [4.69, 9.17) is 22.2 Å². The molecule has 3 heterocycles. The van der Waals surface area contributed by atoms with Crippen molar-refractivity contribution in [2.45, 2.75) is 19.8 Å². The largest absolute Gasteiger partial charge is 1.00 e. The summed E-state index contributed by atoms with van der Waals surface area (Å²) in [5, 5.41) is 13.8. The number of nitrogens with zero attached hydrogens (tertiary/aromatic N) is 3. The first-order valence-corrected chi connectivity index (χ1v) is 37.3.